The van der Waals surface area contributed by atoms with Crippen molar-refractivity contribution in [3.63, 3.8) is 0 Å². The fraction of sp³-hybridized carbons (Fsp3) is 1.00. The van der Waals surface area contributed by atoms with Crippen LogP contribution >= 0.6 is 0 Å². The average molecular weight is 229 g/mol. The molecule has 0 spiro atoms. The monoisotopic (exact) mass is 229 g/mol. The minimum absolute atomic E-state index is 0.111. The molecule has 2 fully saturated rings. The normalized spacial score (nSPS) is 31.8. The summed E-state index contributed by atoms with van der Waals surface area (Å²) in [6.45, 7) is 1.52. The minimum atomic E-state index is -0.330. The van der Waals surface area contributed by atoms with E-state index in [0.29, 0.717) is 0 Å². The third-order valence-electron chi connectivity index (χ3n) is 3.56. The van der Waals surface area contributed by atoms with Gasteiger partial charge in [0.15, 0.2) is 6.29 Å². The van der Waals surface area contributed by atoms with E-state index in [4.69, 9.17) is 9.47 Å². The first-order chi connectivity index (χ1) is 7.77. The molecule has 2 aliphatic rings. The van der Waals surface area contributed by atoms with Gasteiger partial charge in [-0.1, -0.05) is 0 Å². The molecule has 5 heteroatoms. The van der Waals surface area contributed by atoms with Gasteiger partial charge in [-0.05, 0) is 32.1 Å². The average Bonchev–Trinajstić information content (AvgIpc) is 2.76. The molecule has 0 aromatic carbocycles. The van der Waals surface area contributed by atoms with Gasteiger partial charge in [0.05, 0.1) is 13.2 Å². The summed E-state index contributed by atoms with van der Waals surface area (Å²) >= 11 is 0. The Hall–Kier alpha value is -0.680. The number of nitro groups is 1. The molecule has 2 unspecified atom stereocenters. The molecule has 0 amide bonds. The second-order valence-electron chi connectivity index (χ2n) is 4.65. The van der Waals surface area contributed by atoms with Crippen LogP contribution < -0.4 is 0 Å². The van der Waals surface area contributed by atoms with Gasteiger partial charge in [0.1, 0.15) is 0 Å². The Bertz CT molecular complexity index is 240. The van der Waals surface area contributed by atoms with Crippen LogP contribution in [0.4, 0.5) is 0 Å². The smallest absolute Gasteiger partial charge is 0.215 e. The first kappa shape index (κ1) is 11.8. The lowest BCUT2D eigenvalue weighted by atomic mass is 9.98. The van der Waals surface area contributed by atoms with Gasteiger partial charge in [-0.2, -0.15) is 0 Å². The molecule has 1 saturated heterocycles. The van der Waals surface area contributed by atoms with Crippen molar-refractivity contribution in [3.05, 3.63) is 10.1 Å². The SMILES string of the molecule is O=[N+]([O-])C1CCCC1CCC1OCCCO1. The van der Waals surface area contributed by atoms with Crippen LogP contribution in [0.15, 0.2) is 0 Å². The largest absolute Gasteiger partial charge is 0.353 e. The van der Waals surface area contributed by atoms with Gasteiger partial charge >= 0.3 is 0 Å². The van der Waals surface area contributed by atoms with Crippen LogP contribution in [0.25, 0.3) is 0 Å². The van der Waals surface area contributed by atoms with E-state index in [-0.39, 0.29) is 23.2 Å². The molecule has 1 heterocycles. The van der Waals surface area contributed by atoms with Crippen molar-refractivity contribution in [1.82, 2.24) is 0 Å². The van der Waals surface area contributed by atoms with Crippen molar-refractivity contribution in [3.8, 4) is 0 Å². The molecule has 0 aromatic heterocycles. The van der Waals surface area contributed by atoms with E-state index in [1.165, 1.54) is 0 Å². The van der Waals surface area contributed by atoms with Crippen molar-refractivity contribution < 1.29 is 14.4 Å². The van der Waals surface area contributed by atoms with Crippen molar-refractivity contribution in [2.75, 3.05) is 13.2 Å². The Kier molecular flexibility index (Phi) is 4.12. The van der Waals surface area contributed by atoms with Gasteiger partial charge in [-0.25, -0.2) is 0 Å². The number of hydrogen-bond acceptors (Lipinski definition) is 4. The van der Waals surface area contributed by atoms with Crippen molar-refractivity contribution in [1.29, 1.82) is 0 Å². The second kappa shape index (κ2) is 5.59. The molecule has 5 nitrogen and oxygen atoms in total. The Morgan fingerprint density at radius 2 is 1.88 bits per heavy atom. The van der Waals surface area contributed by atoms with Gasteiger partial charge < -0.3 is 9.47 Å². The Balaban J connectivity index is 1.73. The van der Waals surface area contributed by atoms with Crippen molar-refractivity contribution in [2.45, 2.75) is 50.9 Å². The predicted octanol–water partition coefficient (Wildman–Crippen LogP) is 1.97. The van der Waals surface area contributed by atoms with Crippen LogP contribution in [0.2, 0.25) is 0 Å². The van der Waals surface area contributed by atoms with Crippen molar-refractivity contribution >= 4 is 0 Å². The fourth-order valence-corrected chi connectivity index (χ4v) is 2.68. The first-order valence-corrected chi connectivity index (χ1v) is 6.14. The highest BCUT2D eigenvalue weighted by atomic mass is 16.7. The van der Waals surface area contributed by atoms with E-state index in [1.807, 2.05) is 0 Å². The highest BCUT2D eigenvalue weighted by Crippen LogP contribution is 2.32. The molecule has 0 radical (unpaired) electrons. The molecule has 0 N–H and O–H groups in total. The van der Waals surface area contributed by atoms with Gasteiger partial charge in [0.2, 0.25) is 6.04 Å². The van der Waals surface area contributed by atoms with Crippen LogP contribution in [0, 0.1) is 16.0 Å². The molecule has 1 aliphatic heterocycles. The topological polar surface area (TPSA) is 61.6 Å². The zero-order chi connectivity index (χ0) is 11.4. The number of hydrogen-bond donors (Lipinski definition) is 0. The van der Waals surface area contributed by atoms with Gasteiger partial charge in [-0.15, -0.1) is 0 Å². The maximum absolute atomic E-state index is 10.8. The maximum Gasteiger partial charge on any atom is 0.215 e. The second-order valence-corrected chi connectivity index (χ2v) is 4.65. The molecule has 0 bridgehead atoms. The zero-order valence-electron chi connectivity index (χ0n) is 9.47. The lowest BCUT2D eigenvalue weighted by Crippen LogP contribution is -2.28. The summed E-state index contributed by atoms with van der Waals surface area (Å²) in [6, 6.07) is -0.330. The summed E-state index contributed by atoms with van der Waals surface area (Å²) in [7, 11) is 0. The quantitative estimate of drug-likeness (QED) is 0.546. The fourth-order valence-electron chi connectivity index (χ4n) is 2.68. The van der Waals surface area contributed by atoms with Gasteiger partial charge in [0.25, 0.3) is 0 Å². The summed E-state index contributed by atoms with van der Waals surface area (Å²) in [5.74, 6) is 0.226. The number of rotatable bonds is 4. The maximum atomic E-state index is 10.8. The molecule has 1 aliphatic carbocycles. The Morgan fingerprint density at radius 1 is 1.12 bits per heavy atom. The number of ether oxygens (including phenoxy) is 2. The molecule has 2 rings (SSSR count). The zero-order valence-corrected chi connectivity index (χ0v) is 9.47. The lowest BCUT2D eigenvalue weighted by molar-refractivity contribution is -0.529. The summed E-state index contributed by atoms with van der Waals surface area (Å²) in [5.41, 5.74) is 0. The highest BCUT2D eigenvalue weighted by molar-refractivity contribution is 4.77. The summed E-state index contributed by atoms with van der Waals surface area (Å²) < 4.78 is 10.9. The van der Waals surface area contributed by atoms with Crippen molar-refractivity contribution in [2.24, 2.45) is 5.92 Å². The van der Waals surface area contributed by atoms with Gasteiger partial charge in [0, 0.05) is 17.3 Å². The molecule has 0 aromatic rings. The van der Waals surface area contributed by atoms with E-state index in [9.17, 15) is 10.1 Å². The van der Waals surface area contributed by atoms with E-state index < -0.39 is 0 Å². The first-order valence-electron chi connectivity index (χ1n) is 6.14. The van der Waals surface area contributed by atoms with Crippen LogP contribution in [-0.2, 0) is 9.47 Å². The molecular weight excluding hydrogens is 210 g/mol. The molecule has 16 heavy (non-hydrogen) atoms. The van der Waals surface area contributed by atoms with E-state index in [1.54, 1.807) is 0 Å². The molecule has 92 valence electrons. The highest BCUT2D eigenvalue weighted by Gasteiger charge is 2.36. The van der Waals surface area contributed by atoms with E-state index >= 15 is 0 Å². The molecule has 1 saturated carbocycles. The van der Waals surface area contributed by atoms with Crippen LogP contribution in [0.1, 0.15) is 38.5 Å². The van der Waals surface area contributed by atoms with Crippen LogP contribution in [0.3, 0.4) is 0 Å². The van der Waals surface area contributed by atoms with E-state index in [2.05, 4.69) is 0 Å². The third-order valence-corrected chi connectivity index (χ3v) is 3.56. The standard InChI is InChI=1S/C11H19NO4/c13-12(14)10-4-1-3-9(10)5-6-11-15-7-2-8-16-11/h9-11H,1-8H2. The Morgan fingerprint density at radius 3 is 2.56 bits per heavy atom. The summed E-state index contributed by atoms with van der Waals surface area (Å²) in [5, 5.41) is 10.8. The Labute approximate surface area is 95.3 Å². The number of nitrogens with zero attached hydrogens (tertiary/aromatic N) is 1. The van der Waals surface area contributed by atoms with Gasteiger partial charge in [-0.3, -0.25) is 10.1 Å². The van der Waals surface area contributed by atoms with E-state index in [0.717, 1.165) is 51.7 Å². The summed E-state index contributed by atoms with van der Waals surface area (Å²) in [6.07, 6.45) is 5.20. The predicted molar refractivity (Wildman–Crippen MR) is 57.7 cm³/mol. The molecular formula is C11H19NO4. The van der Waals surface area contributed by atoms with Crippen LogP contribution in [0.5, 0.6) is 0 Å². The van der Waals surface area contributed by atoms with Crippen LogP contribution in [-0.4, -0.2) is 30.5 Å². The third kappa shape index (κ3) is 2.92. The minimum Gasteiger partial charge on any atom is -0.353 e. The molecule has 2 atom stereocenters. The summed E-state index contributed by atoms with van der Waals surface area (Å²) in [4.78, 5) is 10.7. The lowest BCUT2D eigenvalue weighted by Gasteiger charge is -2.24.